The zero-order valence-corrected chi connectivity index (χ0v) is 16.5. The average molecular weight is 407 g/mol. The monoisotopic (exact) mass is 406 g/mol. The lowest BCUT2D eigenvalue weighted by Gasteiger charge is -2.35. The second-order valence-corrected chi connectivity index (χ2v) is 8.13. The Labute approximate surface area is 169 Å². The molecule has 0 radical (unpaired) electrons. The number of Topliss-reactive ketones (excluding diaryl/α,β-unsaturated/α-hetero) is 1. The van der Waals surface area contributed by atoms with Crippen molar-refractivity contribution in [3.05, 3.63) is 28.9 Å². The van der Waals surface area contributed by atoms with Crippen LogP contribution in [0.4, 0.5) is 5.82 Å². The minimum absolute atomic E-state index is 0.0340. The number of ketones is 1. The van der Waals surface area contributed by atoms with Crippen LogP contribution in [0.15, 0.2) is 18.3 Å². The first kappa shape index (κ1) is 20.8. The van der Waals surface area contributed by atoms with E-state index in [9.17, 15) is 9.59 Å². The number of carboxylic acids is 1. The third kappa shape index (κ3) is 4.71. The fraction of sp³-hybridized carbons (Fsp3) is 0.550. The summed E-state index contributed by atoms with van der Waals surface area (Å²) in [6.45, 7) is 1.99. The molecule has 0 amide bonds. The molecule has 0 bridgehead atoms. The molecule has 1 saturated carbocycles. The molecule has 1 atom stereocenters. The Morgan fingerprint density at radius 3 is 2.71 bits per heavy atom. The van der Waals surface area contributed by atoms with Crippen LogP contribution in [0.1, 0.15) is 37.7 Å². The standard InChI is InChI=1S/C20H27ClN4O3/c21-16-9-14(3-6-17(26)27)11-24-19(16)25-20(7-8-23-12-20)18(28)15-4-1-13(10-22)2-5-15/h3,6,9,11,13,15,23H,1-2,4-5,7-8,10,12,22H2,(H,24,25)(H,26,27)/b6-3+/t13?,15?,20-/m1/s1. The minimum atomic E-state index is -1.04. The van der Waals surface area contributed by atoms with Gasteiger partial charge in [-0.15, -0.1) is 0 Å². The van der Waals surface area contributed by atoms with Crippen molar-refractivity contribution >= 4 is 35.2 Å². The summed E-state index contributed by atoms with van der Waals surface area (Å²) >= 11 is 6.36. The lowest BCUT2D eigenvalue weighted by Crippen LogP contribution is -2.52. The number of carbonyl (C=O) groups excluding carboxylic acids is 1. The number of carbonyl (C=O) groups is 2. The van der Waals surface area contributed by atoms with Gasteiger partial charge in [-0.1, -0.05) is 11.6 Å². The van der Waals surface area contributed by atoms with E-state index in [2.05, 4.69) is 15.6 Å². The zero-order chi connectivity index (χ0) is 20.1. The molecule has 8 heteroatoms. The highest BCUT2D eigenvalue weighted by Gasteiger charge is 2.45. The fourth-order valence-electron chi connectivity index (χ4n) is 4.15. The summed E-state index contributed by atoms with van der Waals surface area (Å²) in [4.78, 5) is 28.4. The molecule has 2 fully saturated rings. The van der Waals surface area contributed by atoms with Crippen LogP contribution in [0, 0.1) is 11.8 Å². The summed E-state index contributed by atoms with van der Waals surface area (Å²) in [7, 11) is 0. The smallest absolute Gasteiger partial charge is 0.328 e. The summed E-state index contributed by atoms with van der Waals surface area (Å²) < 4.78 is 0. The molecule has 7 nitrogen and oxygen atoms in total. The normalized spacial score (nSPS) is 27.8. The molecule has 3 rings (SSSR count). The molecule has 1 saturated heterocycles. The van der Waals surface area contributed by atoms with Gasteiger partial charge in [0.2, 0.25) is 0 Å². The Bertz CT molecular complexity index is 754. The topological polar surface area (TPSA) is 117 Å². The SMILES string of the molecule is NCC1CCC(C(=O)[C@@]2(Nc3ncc(/C=C/C(=O)O)cc3Cl)CCNC2)CC1. The molecule has 5 N–H and O–H groups in total. The summed E-state index contributed by atoms with van der Waals surface area (Å²) in [5.74, 6) is 0.190. The molecule has 1 aliphatic heterocycles. The largest absolute Gasteiger partial charge is 0.478 e. The van der Waals surface area contributed by atoms with Crippen LogP contribution in [0.3, 0.4) is 0 Å². The lowest BCUT2D eigenvalue weighted by molar-refractivity contribution is -0.131. The van der Waals surface area contributed by atoms with Crippen LogP contribution in [-0.4, -0.2) is 47.0 Å². The van der Waals surface area contributed by atoms with Crippen LogP contribution in [0.5, 0.6) is 0 Å². The highest BCUT2D eigenvalue weighted by molar-refractivity contribution is 6.33. The third-order valence-corrected chi connectivity index (χ3v) is 6.10. The first-order valence-electron chi connectivity index (χ1n) is 9.73. The van der Waals surface area contributed by atoms with Crippen molar-refractivity contribution in [2.75, 3.05) is 25.0 Å². The van der Waals surface area contributed by atoms with Gasteiger partial charge in [0.25, 0.3) is 0 Å². The van der Waals surface area contributed by atoms with E-state index in [-0.39, 0.29) is 11.7 Å². The number of pyridine rings is 1. The molecule has 1 aromatic rings. The molecule has 2 heterocycles. The Balaban J connectivity index is 1.75. The molecule has 2 aliphatic rings. The number of nitrogens with two attached hydrogens (primary N) is 1. The number of nitrogens with zero attached hydrogens (tertiary/aromatic N) is 1. The van der Waals surface area contributed by atoms with Gasteiger partial charge in [-0.2, -0.15) is 0 Å². The zero-order valence-electron chi connectivity index (χ0n) is 15.8. The van der Waals surface area contributed by atoms with Crippen LogP contribution < -0.4 is 16.4 Å². The van der Waals surface area contributed by atoms with Crippen molar-refractivity contribution in [1.29, 1.82) is 0 Å². The van der Waals surface area contributed by atoms with E-state index in [1.807, 2.05) is 0 Å². The van der Waals surface area contributed by atoms with Crippen molar-refractivity contribution in [3.8, 4) is 0 Å². The van der Waals surface area contributed by atoms with E-state index in [0.29, 0.717) is 41.8 Å². The van der Waals surface area contributed by atoms with E-state index in [1.165, 1.54) is 6.08 Å². The Morgan fingerprint density at radius 1 is 1.39 bits per heavy atom. The van der Waals surface area contributed by atoms with Crippen LogP contribution in [0.25, 0.3) is 6.08 Å². The maximum Gasteiger partial charge on any atom is 0.328 e. The van der Waals surface area contributed by atoms with Crippen LogP contribution >= 0.6 is 11.6 Å². The average Bonchev–Trinajstić information content (AvgIpc) is 3.17. The number of hydrogen-bond acceptors (Lipinski definition) is 6. The molecular weight excluding hydrogens is 380 g/mol. The molecule has 28 heavy (non-hydrogen) atoms. The number of nitrogens with one attached hydrogen (secondary N) is 2. The van der Waals surface area contributed by atoms with Crippen molar-refractivity contribution in [3.63, 3.8) is 0 Å². The van der Waals surface area contributed by atoms with Crippen LogP contribution in [-0.2, 0) is 9.59 Å². The summed E-state index contributed by atoms with van der Waals surface area (Å²) in [5, 5.41) is 15.7. The van der Waals surface area contributed by atoms with Gasteiger partial charge in [-0.05, 0) is 68.8 Å². The molecule has 1 aliphatic carbocycles. The van der Waals surface area contributed by atoms with Gasteiger partial charge in [0, 0.05) is 24.7 Å². The quantitative estimate of drug-likeness (QED) is 0.513. The molecule has 0 aromatic carbocycles. The van der Waals surface area contributed by atoms with Gasteiger partial charge in [-0.25, -0.2) is 9.78 Å². The number of halogens is 1. The molecule has 0 spiro atoms. The molecule has 0 unspecified atom stereocenters. The predicted molar refractivity (Wildman–Crippen MR) is 109 cm³/mol. The van der Waals surface area contributed by atoms with Gasteiger partial charge in [0.15, 0.2) is 5.78 Å². The van der Waals surface area contributed by atoms with Gasteiger partial charge in [0.05, 0.1) is 5.02 Å². The van der Waals surface area contributed by atoms with Crippen LogP contribution in [0.2, 0.25) is 5.02 Å². The highest BCUT2D eigenvalue weighted by atomic mass is 35.5. The molecule has 152 valence electrons. The third-order valence-electron chi connectivity index (χ3n) is 5.82. The van der Waals surface area contributed by atoms with Crippen molar-refractivity contribution in [2.24, 2.45) is 17.6 Å². The maximum atomic E-state index is 13.4. The van der Waals surface area contributed by atoms with E-state index in [0.717, 1.165) is 38.3 Å². The first-order chi connectivity index (χ1) is 13.4. The van der Waals surface area contributed by atoms with Gasteiger partial charge >= 0.3 is 5.97 Å². The maximum absolute atomic E-state index is 13.4. The summed E-state index contributed by atoms with van der Waals surface area (Å²) in [6, 6.07) is 1.64. The van der Waals surface area contributed by atoms with E-state index < -0.39 is 11.5 Å². The van der Waals surface area contributed by atoms with E-state index >= 15 is 0 Å². The van der Waals surface area contributed by atoms with Gasteiger partial charge < -0.3 is 21.5 Å². The Hall–Kier alpha value is -1.96. The molecule has 1 aromatic heterocycles. The fourth-order valence-corrected chi connectivity index (χ4v) is 4.37. The Morgan fingerprint density at radius 2 is 2.14 bits per heavy atom. The van der Waals surface area contributed by atoms with Crippen molar-refractivity contribution < 1.29 is 14.7 Å². The second kappa shape index (κ2) is 9.03. The number of aromatic nitrogens is 1. The number of rotatable bonds is 7. The van der Waals surface area contributed by atoms with E-state index in [4.69, 9.17) is 22.4 Å². The summed E-state index contributed by atoms with van der Waals surface area (Å²) in [6.07, 6.45) is 8.44. The van der Waals surface area contributed by atoms with Crippen molar-refractivity contribution in [1.82, 2.24) is 10.3 Å². The number of aliphatic carboxylic acids is 1. The second-order valence-electron chi connectivity index (χ2n) is 7.72. The lowest BCUT2D eigenvalue weighted by atomic mass is 9.74. The number of anilines is 1. The first-order valence-corrected chi connectivity index (χ1v) is 10.1. The minimum Gasteiger partial charge on any atom is -0.478 e. The van der Waals surface area contributed by atoms with Crippen molar-refractivity contribution in [2.45, 2.75) is 37.6 Å². The van der Waals surface area contributed by atoms with Gasteiger partial charge in [0.1, 0.15) is 11.4 Å². The summed E-state index contributed by atoms with van der Waals surface area (Å²) in [5.41, 5.74) is 5.65. The number of hydrogen-bond donors (Lipinski definition) is 4. The Kier molecular flexibility index (Phi) is 6.69. The van der Waals surface area contributed by atoms with E-state index in [1.54, 1.807) is 12.3 Å². The van der Waals surface area contributed by atoms with Gasteiger partial charge in [-0.3, -0.25) is 4.79 Å². The molecular formula is C20H27ClN4O3. The highest BCUT2D eigenvalue weighted by Crippen LogP contribution is 2.35. The predicted octanol–water partition coefficient (Wildman–Crippen LogP) is 2.31. The number of carboxylic acid groups (broad SMARTS) is 1.